The van der Waals surface area contributed by atoms with Gasteiger partial charge in [0.05, 0.1) is 0 Å². The lowest BCUT2D eigenvalue weighted by Crippen LogP contribution is -2.64. The van der Waals surface area contributed by atoms with E-state index in [1.165, 1.54) is 4.90 Å². The largest absolute Gasteiger partial charge is 0.333 e. The second-order valence-electron chi connectivity index (χ2n) is 5.90. The molecule has 2 N–H and O–H groups in total. The average Bonchev–Trinajstić information content (AvgIpc) is 2.90. The van der Waals surface area contributed by atoms with Gasteiger partial charge in [-0.1, -0.05) is 35.0 Å². The van der Waals surface area contributed by atoms with Gasteiger partial charge in [0, 0.05) is 24.6 Å². The van der Waals surface area contributed by atoms with Gasteiger partial charge in [-0.25, -0.2) is 4.79 Å². The predicted molar refractivity (Wildman–Crippen MR) is 94.3 cm³/mol. The normalized spacial score (nSPS) is 24.9. The maximum absolute atomic E-state index is 12.4. The van der Waals surface area contributed by atoms with Crippen LogP contribution < -0.4 is 10.6 Å². The third-order valence-corrected chi connectivity index (χ3v) is 4.64. The third kappa shape index (κ3) is 3.10. The molecule has 2 saturated heterocycles. The lowest BCUT2D eigenvalue weighted by Gasteiger charge is -2.35. The Morgan fingerprint density at radius 3 is 2.83 bits per heavy atom. The maximum Gasteiger partial charge on any atom is 0.325 e. The van der Waals surface area contributed by atoms with Crippen molar-refractivity contribution in [2.45, 2.75) is 32.1 Å². The van der Waals surface area contributed by atoms with Gasteiger partial charge in [-0.05, 0) is 24.1 Å². The van der Waals surface area contributed by atoms with Crippen LogP contribution >= 0.6 is 15.9 Å². The fourth-order valence-corrected chi connectivity index (χ4v) is 3.39. The fourth-order valence-electron chi connectivity index (χ4n) is 2.94. The third-order valence-electron chi connectivity index (χ3n) is 4.15. The highest BCUT2D eigenvalue weighted by molar-refractivity contribution is 9.10. The molecule has 2 aliphatic heterocycles. The molecule has 24 heavy (non-hydrogen) atoms. The van der Waals surface area contributed by atoms with Crippen molar-refractivity contribution in [3.05, 3.63) is 34.3 Å². The average molecular weight is 394 g/mol. The number of likely N-dealkylation sites (N-methyl/N-ethyl adjacent to an activating group) is 1. The zero-order valence-corrected chi connectivity index (χ0v) is 15.2. The zero-order chi connectivity index (χ0) is 17.3. The minimum Gasteiger partial charge on any atom is -0.333 e. The second-order valence-corrected chi connectivity index (χ2v) is 6.82. The van der Waals surface area contributed by atoms with E-state index in [-0.39, 0.29) is 5.91 Å². The molecule has 2 heterocycles. The van der Waals surface area contributed by atoms with Gasteiger partial charge in [-0.15, -0.1) is 0 Å². The summed E-state index contributed by atoms with van der Waals surface area (Å²) in [4.78, 5) is 32.3. The monoisotopic (exact) mass is 393 g/mol. The number of aliphatic imine (C=N–C) groups is 1. The number of guanidine groups is 1. The fraction of sp³-hybridized carbons (Fsp3) is 0.438. The minimum atomic E-state index is -0.498. The lowest BCUT2D eigenvalue weighted by molar-refractivity contribution is -0.127. The Labute approximate surface area is 149 Å². The van der Waals surface area contributed by atoms with Gasteiger partial charge in [-0.2, -0.15) is 0 Å². The van der Waals surface area contributed by atoms with Crippen LogP contribution in [-0.4, -0.2) is 53.5 Å². The van der Waals surface area contributed by atoms with Crippen LogP contribution in [0.4, 0.5) is 4.79 Å². The van der Waals surface area contributed by atoms with Crippen LogP contribution in [0.2, 0.25) is 0 Å². The maximum atomic E-state index is 12.4. The first-order chi connectivity index (χ1) is 11.5. The molecule has 2 fully saturated rings. The summed E-state index contributed by atoms with van der Waals surface area (Å²) in [6.07, 6.45) is 0.501. The summed E-state index contributed by atoms with van der Waals surface area (Å²) in [6.45, 7) is 3.24. The highest BCUT2D eigenvalue weighted by Crippen LogP contribution is 2.23. The molecule has 2 aliphatic rings. The van der Waals surface area contributed by atoms with Gasteiger partial charge in [-0.3, -0.25) is 15.1 Å². The second kappa shape index (κ2) is 6.80. The van der Waals surface area contributed by atoms with E-state index in [9.17, 15) is 9.59 Å². The molecule has 0 aliphatic carbocycles. The standard InChI is InChI=1S/C16H20BrN5O2/c1-3-7-18-15-19-13-12(14(23)20-16(24)21(13)2)22(15)9-10-5-4-6-11(17)8-10/h4-6,8,12-13H,3,7,9H2,1-2H3,(H,18,19)(H,20,23,24). The Morgan fingerprint density at radius 1 is 1.33 bits per heavy atom. The topological polar surface area (TPSA) is 77.0 Å². The summed E-state index contributed by atoms with van der Waals surface area (Å²) in [5.41, 5.74) is 1.06. The van der Waals surface area contributed by atoms with Crippen LogP contribution in [0.15, 0.2) is 33.7 Å². The van der Waals surface area contributed by atoms with E-state index in [1.54, 1.807) is 7.05 Å². The lowest BCUT2D eigenvalue weighted by atomic mass is 10.1. The van der Waals surface area contributed by atoms with E-state index in [0.717, 1.165) is 16.5 Å². The Hall–Kier alpha value is -2.09. The number of rotatable bonds is 4. The number of urea groups is 1. The Bertz CT molecular complexity index is 693. The van der Waals surface area contributed by atoms with Crippen molar-refractivity contribution in [3.63, 3.8) is 0 Å². The Balaban J connectivity index is 1.92. The number of imide groups is 1. The van der Waals surface area contributed by atoms with Crippen molar-refractivity contribution in [2.24, 2.45) is 4.99 Å². The molecule has 0 bridgehead atoms. The van der Waals surface area contributed by atoms with E-state index in [1.807, 2.05) is 36.1 Å². The molecule has 3 rings (SSSR count). The first-order valence-electron chi connectivity index (χ1n) is 7.91. The van der Waals surface area contributed by atoms with E-state index in [0.29, 0.717) is 19.0 Å². The zero-order valence-electron chi connectivity index (χ0n) is 13.6. The first-order valence-corrected chi connectivity index (χ1v) is 8.70. The number of fused-ring (bicyclic) bond motifs is 1. The Morgan fingerprint density at radius 2 is 2.12 bits per heavy atom. The van der Waals surface area contributed by atoms with Gasteiger partial charge in [0.2, 0.25) is 0 Å². The van der Waals surface area contributed by atoms with Crippen molar-refractivity contribution in [3.8, 4) is 0 Å². The summed E-state index contributed by atoms with van der Waals surface area (Å²) in [6, 6.07) is 7.04. The molecule has 7 nitrogen and oxygen atoms in total. The van der Waals surface area contributed by atoms with Crippen molar-refractivity contribution in [1.29, 1.82) is 0 Å². The molecular weight excluding hydrogens is 374 g/mol. The molecule has 1 aromatic carbocycles. The number of benzene rings is 1. The molecule has 0 radical (unpaired) electrons. The number of amides is 3. The van der Waals surface area contributed by atoms with Crippen molar-refractivity contribution in [2.75, 3.05) is 13.6 Å². The molecule has 1 aromatic rings. The van der Waals surface area contributed by atoms with Crippen LogP contribution in [0.1, 0.15) is 18.9 Å². The number of nitrogens with one attached hydrogen (secondary N) is 2. The quantitative estimate of drug-likeness (QED) is 0.812. The molecule has 0 aromatic heterocycles. The summed E-state index contributed by atoms with van der Waals surface area (Å²) in [5, 5.41) is 5.64. The van der Waals surface area contributed by atoms with Crippen molar-refractivity contribution in [1.82, 2.24) is 20.4 Å². The van der Waals surface area contributed by atoms with E-state index < -0.39 is 18.2 Å². The van der Waals surface area contributed by atoms with Gasteiger partial charge in [0.25, 0.3) is 5.91 Å². The van der Waals surface area contributed by atoms with Crippen molar-refractivity contribution >= 4 is 33.8 Å². The number of nitrogens with zero attached hydrogens (tertiary/aromatic N) is 3. The number of carbonyl (C=O) groups excluding carboxylic acids is 2. The van der Waals surface area contributed by atoms with E-state index in [2.05, 4.69) is 31.6 Å². The van der Waals surface area contributed by atoms with Gasteiger partial charge in [0.1, 0.15) is 6.17 Å². The molecule has 2 atom stereocenters. The molecular formula is C16H20BrN5O2. The number of hydrogen-bond acceptors (Lipinski definition) is 3. The number of halogens is 1. The molecule has 3 amide bonds. The number of carbonyl (C=O) groups is 2. The minimum absolute atomic E-state index is 0.299. The number of hydrogen-bond donors (Lipinski definition) is 2. The van der Waals surface area contributed by atoms with E-state index >= 15 is 0 Å². The van der Waals surface area contributed by atoms with Crippen LogP contribution in [-0.2, 0) is 11.3 Å². The van der Waals surface area contributed by atoms with Crippen LogP contribution in [0, 0.1) is 0 Å². The predicted octanol–water partition coefficient (Wildman–Crippen LogP) is 1.50. The van der Waals surface area contributed by atoms with Crippen molar-refractivity contribution < 1.29 is 9.59 Å². The molecule has 2 unspecified atom stereocenters. The SMILES string of the molecule is CCCN=C1NC2C(C(=O)NC(=O)N2C)N1Cc1cccc(Br)c1. The molecule has 8 heteroatoms. The first kappa shape index (κ1) is 16.8. The summed E-state index contributed by atoms with van der Waals surface area (Å²) >= 11 is 3.47. The van der Waals surface area contributed by atoms with Crippen LogP contribution in [0.3, 0.4) is 0 Å². The highest BCUT2D eigenvalue weighted by atomic mass is 79.9. The van der Waals surface area contributed by atoms with Crippen LogP contribution in [0.25, 0.3) is 0 Å². The van der Waals surface area contributed by atoms with Gasteiger partial charge >= 0.3 is 6.03 Å². The van der Waals surface area contributed by atoms with Crippen LogP contribution in [0.5, 0.6) is 0 Å². The van der Waals surface area contributed by atoms with E-state index in [4.69, 9.17) is 0 Å². The smallest absolute Gasteiger partial charge is 0.325 e. The molecule has 0 spiro atoms. The highest BCUT2D eigenvalue weighted by Gasteiger charge is 2.49. The van der Waals surface area contributed by atoms with Gasteiger partial charge in [0.15, 0.2) is 12.0 Å². The summed E-state index contributed by atoms with van der Waals surface area (Å²) in [5.74, 6) is 0.357. The molecule has 128 valence electrons. The molecule has 0 saturated carbocycles. The summed E-state index contributed by atoms with van der Waals surface area (Å²) in [7, 11) is 1.67. The summed E-state index contributed by atoms with van der Waals surface area (Å²) < 4.78 is 0.983. The Kier molecular flexibility index (Phi) is 4.75. The van der Waals surface area contributed by atoms with Gasteiger partial charge < -0.3 is 15.1 Å².